The number of thiophene rings is 1. The molecule has 10 aromatic carbocycles. The predicted octanol–water partition coefficient (Wildman–Crippen LogP) is 16.3. The smallest absolute Gasteiger partial charge is 0.164 e. The van der Waals surface area contributed by atoms with Crippen LogP contribution in [0.15, 0.2) is 224 Å². The number of benzene rings is 10. The fraction of sp³-hybridized carbons (Fsp3) is 0. The fourth-order valence-electron chi connectivity index (χ4n) is 10.4. The van der Waals surface area contributed by atoms with Gasteiger partial charge in [-0.25, -0.2) is 15.0 Å². The average Bonchev–Trinajstić information content (AvgIpc) is 4.06. The van der Waals surface area contributed by atoms with Crippen molar-refractivity contribution in [3.63, 3.8) is 0 Å². The van der Waals surface area contributed by atoms with Crippen LogP contribution < -0.4 is 0 Å². The number of rotatable bonds is 6. The Morgan fingerprint density at radius 1 is 0.328 bits per heavy atom. The first-order valence-corrected chi connectivity index (χ1v) is 23.4. The summed E-state index contributed by atoms with van der Waals surface area (Å²) in [5.41, 5.74) is 11.9. The zero-order valence-electron chi connectivity index (χ0n) is 36.0. The molecule has 0 radical (unpaired) electrons. The van der Waals surface area contributed by atoms with Gasteiger partial charge < -0.3 is 9.13 Å². The topological polar surface area (TPSA) is 48.5 Å². The second-order valence-corrected chi connectivity index (χ2v) is 18.2. The standard InChI is InChI=1S/C61H37N5S/c1-2-17-42(18-3-1)65-51-26-9-6-20-45(51)47-24-13-29-54(58(47)65)66-52-27-10-7-22-48(52)57-49(25-14-28-53(57)66)61-63-59(40-33-31-39(32-34-40)44-23-12-16-38-15-4-5-19-43(38)44)62-60(64-61)41-35-36-56-50(37-41)46-21-8-11-30-55(46)67-56/h1-37H. The van der Waals surface area contributed by atoms with Crippen LogP contribution in [-0.4, -0.2) is 24.1 Å². The monoisotopic (exact) mass is 871 g/mol. The van der Waals surface area contributed by atoms with E-state index in [1.54, 1.807) is 0 Å². The van der Waals surface area contributed by atoms with Crippen molar-refractivity contribution in [3.8, 4) is 56.7 Å². The van der Waals surface area contributed by atoms with E-state index in [2.05, 4.69) is 234 Å². The Balaban J connectivity index is 1.01. The third-order valence-corrected chi connectivity index (χ3v) is 14.5. The zero-order chi connectivity index (χ0) is 44.0. The van der Waals surface area contributed by atoms with Crippen molar-refractivity contribution in [1.82, 2.24) is 24.1 Å². The lowest BCUT2D eigenvalue weighted by molar-refractivity contribution is 1.08. The summed E-state index contributed by atoms with van der Waals surface area (Å²) in [5, 5.41) is 9.52. The van der Waals surface area contributed by atoms with E-state index in [0.29, 0.717) is 17.5 Å². The molecule has 0 saturated heterocycles. The Morgan fingerprint density at radius 3 is 1.75 bits per heavy atom. The quantitative estimate of drug-likeness (QED) is 0.167. The largest absolute Gasteiger partial charge is 0.307 e. The molecule has 6 heteroatoms. The Morgan fingerprint density at radius 2 is 0.896 bits per heavy atom. The molecule has 0 atom stereocenters. The summed E-state index contributed by atoms with van der Waals surface area (Å²) in [7, 11) is 0. The first-order chi connectivity index (χ1) is 33.2. The van der Waals surface area contributed by atoms with E-state index in [0.717, 1.165) is 61.0 Å². The molecule has 0 amide bonds. The van der Waals surface area contributed by atoms with Gasteiger partial charge >= 0.3 is 0 Å². The Kier molecular flexibility index (Phi) is 8.38. The minimum absolute atomic E-state index is 0.623. The molecule has 0 fully saturated rings. The summed E-state index contributed by atoms with van der Waals surface area (Å²) >= 11 is 1.81. The average molecular weight is 872 g/mol. The van der Waals surface area contributed by atoms with E-state index in [4.69, 9.17) is 15.0 Å². The Labute approximate surface area is 389 Å². The van der Waals surface area contributed by atoms with Crippen molar-refractivity contribution in [2.24, 2.45) is 0 Å². The van der Waals surface area contributed by atoms with Crippen LogP contribution in [0, 0.1) is 0 Å². The molecule has 0 aliphatic carbocycles. The Hall–Kier alpha value is -8.71. The molecular weight excluding hydrogens is 835 g/mol. The number of nitrogens with zero attached hydrogens (tertiary/aromatic N) is 5. The lowest BCUT2D eigenvalue weighted by Crippen LogP contribution is -2.01. The highest BCUT2D eigenvalue weighted by atomic mass is 32.1. The van der Waals surface area contributed by atoms with Gasteiger partial charge in [-0.1, -0.05) is 164 Å². The lowest BCUT2D eigenvalue weighted by Gasteiger charge is -2.14. The van der Waals surface area contributed by atoms with Gasteiger partial charge in [-0.3, -0.25) is 0 Å². The fourth-order valence-corrected chi connectivity index (χ4v) is 11.5. The summed E-state index contributed by atoms with van der Waals surface area (Å²) in [5.74, 6) is 1.88. The summed E-state index contributed by atoms with van der Waals surface area (Å²) in [6.07, 6.45) is 0. The third-order valence-electron chi connectivity index (χ3n) is 13.4. The lowest BCUT2D eigenvalue weighted by atomic mass is 9.97. The molecule has 14 rings (SSSR count). The highest BCUT2D eigenvalue weighted by molar-refractivity contribution is 7.25. The van der Waals surface area contributed by atoms with Gasteiger partial charge in [0, 0.05) is 64.1 Å². The first kappa shape index (κ1) is 37.6. The molecule has 4 heterocycles. The van der Waals surface area contributed by atoms with Gasteiger partial charge in [0.15, 0.2) is 17.5 Å². The third kappa shape index (κ3) is 5.90. The van der Waals surface area contributed by atoms with Crippen molar-refractivity contribution >= 4 is 85.9 Å². The van der Waals surface area contributed by atoms with Crippen LogP contribution in [0.4, 0.5) is 0 Å². The van der Waals surface area contributed by atoms with Crippen molar-refractivity contribution < 1.29 is 0 Å². The number of aromatic nitrogens is 5. The Bertz CT molecular complexity index is 4270. The molecular formula is C61H37N5S. The molecule has 0 saturated carbocycles. The molecule has 67 heavy (non-hydrogen) atoms. The SMILES string of the molecule is c1ccc(-n2c3ccccc3c3cccc(-n4c5ccccc5c5c(-c6nc(-c7ccc(-c8cccc9ccccc89)cc7)nc(-c7ccc8sc9ccccc9c8c7)n6)cccc54)c32)cc1. The zero-order valence-corrected chi connectivity index (χ0v) is 36.8. The van der Waals surface area contributed by atoms with Crippen molar-refractivity contribution in [1.29, 1.82) is 0 Å². The highest BCUT2D eigenvalue weighted by Gasteiger charge is 2.23. The van der Waals surface area contributed by atoms with E-state index in [9.17, 15) is 0 Å². The van der Waals surface area contributed by atoms with Crippen LogP contribution in [0.1, 0.15) is 0 Å². The summed E-state index contributed by atoms with van der Waals surface area (Å²) < 4.78 is 7.34. The van der Waals surface area contributed by atoms with Gasteiger partial charge in [0.2, 0.25) is 0 Å². The summed E-state index contributed by atoms with van der Waals surface area (Å²) in [6, 6.07) is 80.3. The van der Waals surface area contributed by atoms with Crippen LogP contribution in [0.5, 0.6) is 0 Å². The van der Waals surface area contributed by atoms with Gasteiger partial charge in [-0.15, -0.1) is 11.3 Å². The van der Waals surface area contributed by atoms with E-state index in [1.165, 1.54) is 52.8 Å². The second kappa shape index (κ2) is 14.9. The maximum Gasteiger partial charge on any atom is 0.164 e. The molecule has 0 N–H and O–H groups in total. The van der Waals surface area contributed by atoms with Crippen LogP contribution in [0.25, 0.3) is 131 Å². The van der Waals surface area contributed by atoms with Gasteiger partial charge in [0.1, 0.15) is 0 Å². The normalized spacial score (nSPS) is 11.9. The maximum atomic E-state index is 5.41. The molecule has 5 nitrogen and oxygen atoms in total. The van der Waals surface area contributed by atoms with Crippen LogP contribution in [0.2, 0.25) is 0 Å². The molecule has 4 aromatic heterocycles. The van der Waals surface area contributed by atoms with Crippen LogP contribution in [-0.2, 0) is 0 Å². The molecule has 0 aliphatic rings. The first-order valence-electron chi connectivity index (χ1n) is 22.6. The summed E-state index contributed by atoms with van der Waals surface area (Å²) in [6.45, 7) is 0. The minimum Gasteiger partial charge on any atom is -0.307 e. The predicted molar refractivity (Wildman–Crippen MR) is 281 cm³/mol. The number of para-hydroxylation sites is 4. The molecule has 14 aromatic rings. The van der Waals surface area contributed by atoms with E-state index < -0.39 is 0 Å². The summed E-state index contributed by atoms with van der Waals surface area (Å²) in [4.78, 5) is 16.1. The van der Waals surface area contributed by atoms with Crippen molar-refractivity contribution in [3.05, 3.63) is 224 Å². The number of fused-ring (bicyclic) bond motifs is 10. The van der Waals surface area contributed by atoms with Crippen LogP contribution >= 0.6 is 11.3 Å². The van der Waals surface area contributed by atoms with Crippen molar-refractivity contribution in [2.45, 2.75) is 0 Å². The van der Waals surface area contributed by atoms with E-state index >= 15 is 0 Å². The molecule has 0 aliphatic heterocycles. The maximum absolute atomic E-state index is 5.41. The van der Waals surface area contributed by atoms with Gasteiger partial charge in [0.05, 0.1) is 27.8 Å². The van der Waals surface area contributed by atoms with Gasteiger partial charge in [0.25, 0.3) is 0 Å². The number of hydrogen-bond donors (Lipinski definition) is 0. The molecule has 0 unspecified atom stereocenters. The van der Waals surface area contributed by atoms with E-state index in [1.807, 2.05) is 11.3 Å². The van der Waals surface area contributed by atoms with E-state index in [-0.39, 0.29) is 0 Å². The minimum atomic E-state index is 0.623. The highest BCUT2D eigenvalue weighted by Crippen LogP contribution is 2.43. The number of hydrogen-bond acceptors (Lipinski definition) is 4. The van der Waals surface area contributed by atoms with Gasteiger partial charge in [-0.05, 0) is 82.6 Å². The van der Waals surface area contributed by atoms with Crippen LogP contribution in [0.3, 0.4) is 0 Å². The second-order valence-electron chi connectivity index (χ2n) is 17.1. The molecule has 0 spiro atoms. The van der Waals surface area contributed by atoms with Crippen molar-refractivity contribution in [2.75, 3.05) is 0 Å². The van der Waals surface area contributed by atoms with Gasteiger partial charge in [-0.2, -0.15) is 0 Å². The molecule has 312 valence electrons. The molecule has 0 bridgehead atoms.